The Bertz CT molecular complexity index is 568. The number of sulfonamides is 1. The van der Waals surface area contributed by atoms with E-state index in [1.165, 1.54) is 12.8 Å². The molecule has 0 saturated heterocycles. The minimum Gasteiger partial charge on any atom is -0.494 e. The van der Waals surface area contributed by atoms with Gasteiger partial charge in [0.25, 0.3) is 0 Å². The number of nitrogens with one attached hydrogen (secondary N) is 2. The van der Waals surface area contributed by atoms with Crippen molar-refractivity contribution in [2.75, 3.05) is 13.2 Å². The third kappa shape index (κ3) is 4.69. The first kappa shape index (κ1) is 16.3. The Balaban J connectivity index is 2.19. The molecule has 0 amide bonds. The Hall–Kier alpha value is -1.11. The molecule has 1 aliphatic rings. The second-order valence-corrected chi connectivity index (χ2v) is 7.02. The van der Waals surface area contributed by atoms with Crippen LogP contribution in [0.25, 0.3) is 0 Å². The van der Waals surface area contributed by atoms with Gasteiger partial charge >= 0.3 is 0 Å². The van der Waals surface area contributed by atoms with Crippen LogP contribution in [0, 0.1) is 0 Å². The highest BCUT2D eigenvalue weighted by Gasteiger charge is 2.21. The van der Waals surface area contributed by atoms with Crippen molar-refractivity contribution in [3.8, 4) is 5.75 Å². The summed E-state index contributed by atoms with van der Waals surface area (Å²) in [6.07, 6.45) is 3.16. The summed E-state index contributed by atoms with van der Waals surface area (Å²) in [6.45, 7) is 5.51. The van der Waals surface area contributed by atoms with Crippen molar-refractivity contribution in [3.63, 3.8) is 0 Å². The lowest BCUT2D eigenvalue weighted by Gasteiger charge is -2.13. The molecule has 0 aliphatic heterocycles. The molecule has 0 heterocycles. The van der Waals surface area contributed by atoms with Crippen molar-refractivity contribution in [3.05, 3.63) is 23.8 Å². The normalized spacial score (nSPS) is 15.1. The number of hydrogen-bond donors (Lipinski definition) is 2. The summed E-state index contributed by atoms with van der Waals surface area (Å²) in [5, 5.41) is 3.40. The summed E-state index contributed by atoms with van der Waals surface area (Å²) >= 11 is 0. The molecule has 1 saturated carbocycles. The van der Waals surface area contributed by atoms with Crippen molar-refractivity contribution in [2.24, 2.45) is 0 Å². The molecule has 21 heavy (non-hydrogen) atoms. The molecule has 118 valence electrons. The molecule has 1 aromatic carbocycles. The molecule has 0 aromatic heterocycles. The minimum absolute atomic E-state index is 0.298. The van der Waals surface area contributed by atoms with Gasteiger partial charge in [-0.3, -0.25) is 0 Å². The summed E-state index contributed by atoms with van der Waals surface area (Å²) in [6, 6.07) is 5.62. The summed E-state index contributed by atoms with van der Waals surface area (Å²) in [7, 11) is -3.43. The predicted molar refractivity (Wildman–Crippen MR) is 83.0 cm³/mol. The molecule has 6 heteroatoms. The van der Waals surface area contributed by atoms with Crippen LogP contribution >= 0.6 is 0 Å². The molecule has 0 radical (unpaired) electrons. The van der Waals surface area contributed by atoms with Crippen LogP contribution in [0.2, 0.25) is 0 Å². The molecule has 1 aliphatic carbocycles. The fraction of sp³-hybridized carbons (Fsp3) is 0.600. The van der Waals surface area contributed by atoms with E-state index in [4.69, 9.17) is 4.74 Å². The molecular formula is C15H24N2O3S. The van der Waals surface area contributed by atoms with Crippen LogP contribution in [0.15, 0.2) is 23.1 Å². The second kappa shape index (κ2) is 7.24. The minimum atomic E-state index is -3.43. The standard InChI is InChI=1S/C15H24N2O3S/c1-3-9-17-21(18,19)14-7-8-15(20-4-2)12(10-14)11-16-13-5-6-13/h7-8,10,13,16-17H,3-6,9,11H2,1-2H3. The average molecular weight is 312 g/mol. The van der Waals surface area contributed by atoms with Crippen molar-refractivity contribution in [1.29, 1.82) is 0 Å². The smallest absolute Gasteiger partial charge is 0.240 e. The molecule has 5 nitrogen and oxygen atoms in total. The highest BCUT2D eigenvalue weighted by molar-refractivity contribution is 7.89. The van der Waals surface area contributed by atoms with E-state index in [1.54, 1.807) is 18.2 Å². The lowest BCUT2D eigenvalue weighted by atomic mass is 10.2. The Morgan fingerprint density at radius 1 is 1.29 bits per heavy atom. The maximum Gasteiger partial charge on any atom is 0.240 e. The molecule has 1 fully saturated rings. The summed E-state index contributed by atoms with van der Waals surface area (Å²) in [4.78, 5) is 0.298. The van der Waals surface area contributed by atoms with Gasteiger partial charge in [0.1, 0.15) is 5.75 Å². The van der Waals surface area contributed by atoms with Crippen LogP contribution in [0.4, 0.5) is 0 Å². The van der Waals surface area contributed by atoms with Gasteiger partial charge < -0.3 is 10.1 Å². The maximum atomic E-state index is 12.2. The fourth-order valence-electron chi connectivity index (χ4n) is 2.02. The molecule has 2 N–H and O–H groups in total. The second-order valence-electron chi connectivity index (χ2n) is 5.26. The van der Waals surface area contributed by atoms with Gasteiger partial charge in [0.2, 0.25) is 10.0 Å². The average Bonchev–Trinajstić information content (AvgIpc) is 3.28. The first-order chi connectivity index (χ1) is 10.1. The SMILES string of the molecule is CCCNS(=O)(=O)c1ccc(OCC)c(CNC2CC2)c1. The van der Waals surface area contributed by atoms with Gasteiger partial charge in [0, 0.05) is 24.7 Å². The molecule has 2 rings (SSSR count). The largest absolute Gasteiger partial charge is 0.494 e. The van der Waals surface area contributed by atoms with Gasteiger partial charge in [-0.25, -0.2) is 13.1 Å². The lowest BCUT2D eigenvalue weighted by molar-refractivity contribution is 0.335. The van der Waals surface area contributed by atoms with E-state index in [0.717, 1.165) is 17.7 Å². The van der Waals surface area contributed by atoms with Gasteiger partial charge in [-0.1, -0.05) is 6.92 Å². The topological polar surface area (TPSA) is 67.4 Å². The van der Waals surface area contributed by atoms with Crippen LogP contribution in [-0.2, 0) is 16.6 Å². The molecule has 0 atom stereocenters. The third-order valence-electron chi connectivity index (χ3n) is 3.34. The molecular weight excluding hydrogens is 288 g/mol. The molecule has 0 spiro atoms. The molecule has 0 unspecified atom stereocenters. The zero-order chi connectivity index (χ0) is 15.3. The van der Waals surface area contributed by atoms with Crippen LogP contribution in [-0.4, -0.2) is 27.6 Å². The van der Waals surface area contributed by atoms with E-state index in [1.807, 2.05) is 13.8 Å². The quantitative estimate of drug-likeness (QED) is 0.732. The lowest BCUT2D eigenvalue weighted by Crippen LogP contribution is -2.25. The van der Waals surface area contributed by atoms with E-state index < -0.39 is 10.0 Å². The summed E-state index contributed by atoms with van der Waals surface area (Å²) in [5.41, 5.74) is 0.892. The van der Waals surface area contributed by atoms with Crippen LogP contribution in [0.3, 0.4) is 0 Å². The van der Waals surface area contributed by atoms with Crippen molar-refractivity contribution < 1.29 is 13.2 Å². The van der Waals surface area contributed by atoms with E-state index >= 15 is 0 Å². The number of rotatable bonds is 9. The van der Waals surface area contributed by atoms with E-state index in [2.05, 4.69) is 10.0 Å². The third-order valence-corrected chi connectivity index (χ3v) is 4.80. The number of benzene rings is 1. The zero-order valence-electron chi connectivity index (χ0n) is 12.7. The molecule has 1 aromatic rings. The van der Waals surface area contributed by atoms with Gasteiger partial charge in [0.05, 0.1) is 11.5 Å². The van der Waals surface area contributed by atoms with Crippen molar-refractivity contribution in [2.45, 2.75) is 50.6 Å². The fourth-order valence-corrected chi connectivity index (χ4v) is 3.20. The predicted octanol–water partition coefficient (Wildman–Crippen LogP) is 2.03. The van der Waals surface area contributed by atoms with Gasteiger partial charge in [0.15, 0.2) is 0 Å². The maximum absolute atomic E-state index is 12.2. The van der Waals surface area contributed by atoms with Gasteiger partial charge in [-0.2, -0.15) is 0 Å². The van der Waals surface area contributed by atoms with Crippen LogP contribution < -0.4 is 14.8 Å². The highest BCUT2D eigenvalue weighted by Crippen LogP contribution is 2.25. The number of hydrogen-bond acceptors (Lipinski definition) is 4. The number of ether oxygens (including phenoxy) is 1. The molecule has 0 bridgehead atoms. The van der Waals surface area contributed by atoms with E-state index in [9.17, 15) is 8.42 Å². The zero-order valence-corrected chi connectivity index (χ0v) is 13.5. The van der Waals surface area contributed by atoms with Crippen LogP contribution in [0.1, 0.15) is 38.7 Å². The Labute approximate surface area is 127 Å². The van der Waals surface area contributed by atoms with Crippen LogP contribution in [0.5, 0.6) is 5.75 Å². The summed E-state index contributed by atoms with van der Waals surface area (Å²) in [5.74, 6) is 0.750. The first-order valence-electron chi connectivity index (χ1n) is 7.55. The Morgan fingerprint density at radius 3 is 2.67 bits per heavy atom. The Kier molecular flexibility index (Phi) is 5.61. The van der Waals surface area contributed by atoms with E-state index in [0.29, 0.717) is 30.6 Å². The van der Waals surface area contributed by atoms with Gasteiger partial charge in [-0.15, -0.1) is 0 Å². The van der Waals surface area contributed by atoms with Crippen molar-refractivity contribution >= 4 is 10.0 Å². The monoisotopic (exact) mass is 312 g/mol. The summed E-state index contributed by atoms with van der Waals surface area (Å²) < 4.78 is 32.6. The highest BCUT2D eigenvalue weighted by atomic mass is 32.2. The Morgan fingerprint density at radius 2 is 2.05 bits per heavy atom. The van der Waals surface area contributed by atoms with Gasteiger partial charge in [-0.05, 0) is 44.4 Å². The van der Waals surface area contributed by atoms with Crippen molar-refractivity contribution in [1.82, 2.24) is 10.0 Å². The van der Waals surface area contributed by atoms with E-state index in [-0.39, 0.29) is 0 Å². The first-order valence-corrected chi connectivity index (χ1v) is 9.04.